The predicted molar refractivity (Wildman–Crippen MR) is 57.2 cm³/mol. The van der Waals surface area contributed by atoms with E-state index in [1.165, 1.54) is 12.1 Å². The van der Waals surface area contributed by atoms with Crippen LogP contribution in [0.5, 0.6) is 0 Å². The molecule has 1 atom stereocenters. The van der Waals surface area contributed by atoms with Crippen molar-refractivity contribution in [3.8, 4) is 0 Å². The molecular weight excluding hydrogens is 222 g/mol. The summed E-state index contributed by atoms with van der Waals surface area (Å²) in [4.78, 5) is 0.264. The maximum atomic E-state index is 11.8. The molecule has 0 amide bonds. The highest BCUT2D eigenvalue weighted by molar-refractivity contribution is 7.92. The first-order valence-corrected chi connectivity index (χ1v) is 6.10. The largest absolute Gasteiger partial charge is 0.329 e. The van der Waals surface area contributed by atoms with Crippen molar-refractivity contribution in [1.29, 1.82) is 0 Å². The van der Waals surface area contributed by atoms with Crippen LogP contribution < -0.4 is 5.73 Å². The molecule has 0 aromatic heterocycles. The van der Waals surface area contributed by atoms with E-state index in [0.717, 1.165) is 0 Å². The van der Waals surface area contributed by atoms with Crippen LogP contribution in [0, 0.1) is 0 Å². The second-order valence-electron chi connectivity index (χ2n) is 3.05. The molecule has 0 aliphatic carbocycles. The lowest BCUT2D eigenvalue weighted by atomic mass is 10.4. The number of benzene rings is 1. The van der Waals surface area contributed by atoms with Crippen LogP contribution in [0.4, 0.5) is 0 Å². The Morgan fingerprint density at radius 3 is 2.29 bits per heavy atom. The van der Waals surface area contributed by atoms with Crippen molar-refractivity contribution >= 4 is 21.4 Å². The monoisotopic (exact) mass is 233 g/mol. The van der Waals surface area contributed by atoms with E-state index in [0.29, 0.717) is 5.02 Å². The van der Waals surface area contributed by atoms with Gasteiger partial charge in [0.15, 0.2) is 9.84 Å². The molecule has 1 aromatic rings. The molecule has 0 fully saturated rings. The van der Waals surface area contributed by atoms with E-state index in [9.17, 15) is 8.42 Å². The van der Waals surface area contributed by atoms with Crippen LogP contribution in [-0.4, -0.2) is 20.2 Å². The molecule has 1 aromatic carbocycles. The van der Waals surface area contributed by atoms with Crippen LogP contribution in [-0.2, 0) is 9.84 Å². The zero-order chi connectivity index (χ0) is 10.8. The van der Waals surface area contributed by atoms with Gasteiger partial charge in [-0.05, 0) is 31.2 Å². The molecule has 0 saturated heterocycles. The highest BCUT2D eigenvalue weighted by Crippen LogP contribution is 2.18. The van der Waals surface area contributed by atoms with Gasteiger partial charge in [0.1, 0.15) is 0 Å². The van der Waals surface area contributed by atoms with Crippen molar-refractivity contribution in [3.63, 3.8) is 0 Å². The first-order valence-electron chi connectivity index (χ1n) is 4.18. The van der Waals surface area contributed by atoms with Crippen LogP contribution >= 0.6 is 11.6 Å². The summed E-state index contributed by atoms with van der Waals surface area (Å²) in [5, 5.41) is -0.0481. The highest BCUT2D eigenvalue weighted by Gasteiger charge is 2.21. The third-order valence-electron chi connectivity index (χ3n) is 2.00. The molecule has 0 aliphatic rings. The summed E-state index contributed by atoms with van der Waals surface area (Å²) in [5.41, 5.74) is 5.32. The SMILES string of the molecule is CC(CN)S(=O)(=O)c1ccc(Cl)cc1. The molecule has 0 saturated carbocycles. The smallest absolute Gasteiger partial charge is 0.182 e. The summed E-state index contributed by atoms with van der Waals surface area (Å²) in [6.07, 6.45) is 0. The Labute approximate surface area is 88.8 Å². The fraction of sp³-hybridized carbons (Fsp3) is 0.333. The van der Waals surface area contributed by atoms with Gasteiger partial charge >= 0.3 is 0 Å². The van der Waals surface area contributed by atoms with Crippen LogP contribution in [0.3, 0.4) is 0 Å². The van der Waals surface area contributed by atoms with Gasteiger partial charge in [0.2, 0.25) is 0 Å². The van der Waals surface area contributed by atoms with Crippen molar-refractivity contribution in [2.45, 2.75) is 17.1 Å². The minimum absolute atomic E-state index is 0.116. The van der Waals surface area contributed by atoms with Crippen molar-refractivity contribution in [1.82, 2.24) is 0 Å². The van der Waals surface area contributed by atoms with Crippen LogP contribution in [0.25, 0.3) is 0 Å². The molecule has 0 aliphatic heterocycles. The molecule has 5 heteroatoms. The maximum absolute atomic E-state index is 11.8. The Morgan fingerprint density at radius 2 is 1.86 bits per heavy atom. The number of nitrogens with two attached hydrogens (primary N) is 1. The quantitative estimate of drug-likeness (QED) is 0.860. The molecule has 14 heavy (non-hydrogen) atoms. The molecule has 1 unspecified atom stereocenters. The summed E-state index contributed by atoms with van der Waals surface area (Å²) >= 11 is 5.66. The van der Waals surface area contributed by atoms with E-state index < -0.39 is 15.1 Å². The van der Waals surface area contributed by atoms with Crippen molar-refractivity contribution in [3.05, 3.63) is 29.3 Å². The van der Waals surface area contributed by atoms with Crippen molar-refractivity contribution < 1.29 is 8.42 Å². The van der Waals surface area contributed by atoms with E-state index >= 15 is 0 Å². The molecular formula is C9H12ClNO2S. The Balaban J connectivity index is 3.11. The van der Waals surface area contributed by atoms with Crippen LogP contribution in [0.15, 0.2) is 29.2 Å². The van der Waals surface area contributed by atoms with Crippen LogP contribution in [0.2, 0.25) is 5.02 Å². The third kappa shape index (κ3) is 2.26. The van der Waals surface area contributed by atoms with Gasteiger partial charge in [-0.15, -0.1) is 0 Å². The standard InChI is InChI=1S/C9H12ClNO2S/c1-7(6-11)14(12,13)9-4-2-8(10)3-5-9/h2-5,7H,6,11H2,1H3. The zero-order valence-corrected chi connectivity index (χ0v) is 9.35. The van der Waals surface area contributed by atoms with Gasteiger partial charge in [-0.3, -0.25) is 0 Å². The number of hydrogen-bond acceptors (Lipinski definition) is 3. The van der Waals surface area contributed by atoms with E-state index in [4.69, 9.17) is 17.3 Å². The minimum atomic E-state index is -3.29. The van der Waals surface area contributed by atoms with Crippen LogP contribution in [0.1, 0.15) is 6.92 Å². The fourth-order valence-electron chi connectivity index (χ4n) is 0.983. The van der Waals surface area contributed by atoms with Crippen molar-refractivity contribution in [2.75, 3.05) is 6.54 Å². The molecule has 2 N–H and O–H groups in total. The average Bonchev–Trinajstić information content (AvgIpc) is 2.17. The fourth-order valence-corrected chi connectivity index (χ4v) is 2.34. The second kappa shape index (κ2) is 4.29. The first kappa shape index (κ1) is 11.5. The lowest BCUT2D eigenvalue weighted by Crippen LogP contribution is -2.26. The normalized spacial score (nSPS) is 13.9. The summed E-state index contributed by atoms with van der Waals surface area (Å²) in [6.45, 7) is 1.70. The average molecular weight is 234 g/mol. The predicted octanol–water partition coefficient (Wildman–Crippen LogP) is 1.46. The van der Waals surface area contributed by atoms with Gasteiger partial charge in [-0.25, -0.2) is 8.42 Å². The summed E-state index contributed by atoms with van der Waals surface area (Å²) in [6, 6.07) is 6.09. The van der Waals surface area contributed by atoms with Gasteiger partial charge in [0.25, 0.3) is 0 Å². The third-order valence-corrected chi connectivity index (χ3v) is 4.44. The molecule has 1 rings (SSSR count). The highest BCUT2D eigenvalue weighted by atomic mass is 35.5. The maximum Gasteiger partial charge on any atom is 0.182 e. The summed E-state index contributed by atoms with van der Waals surface area (Å²) in [7, 11) is -3.29. The minimum Gasteiger partial charge on any atom is -0.329 e. The Hall–Kier alpha value is -0.580. The zero-order valence-electron chi connectivity index (χ0n) is 7.77. The molecule has 0 bridgehead atoms. The topological polar surface area (TPSA) is 60.2 Å². The van der Waals surface area contributed by atoms with E-state index in [1.54, 1.807) is 19.1 Å². The molecule has 3 nitrogen and oxygen atoms in total. The van der Waals surface area contributed by atoms with Gasteiger partial charge in [-0.1, -0.05) is 11.6 Å². The van der Waals surface area contributed by atoms with Gasteiger partial charge in [0, 0.05) is 11.6 Å². The van der Waals surface area contributed by atoms with E-state index in [2.05, 4.69) is 0 Å². The van der Waals surface area contributed by atoms with Gasteiger partial charge in [-0.2, -0.15) is 0 Å². The Kier molecular flexibility index (Phi) is 3.53. The van der Waals surface area contributed by atoms with Gasteiger partial charge < -0.3 is 5.73 Å². The van der Waals surface area contributed by atoms with E-state index in [1.807, 2.05) is 0 Å². The van der Waals surface area contributed by atoms with Crippen molar-refractivity contribution in [2.24, 2.45) is 5.73 Å². The lowest BCUT2D eigenvalue weighted by molar-refractivity contribution is 0.584. The first-order chi connectivity index (χ1) is 6.48. The molecule has 78 valence electrons. The second-order valence-corrected chi connectivity index (χ2v) is 5.85. The number of hydrogen-bond donors (Lipinski definition) is 1. The van der Waals surface area contributed by atoms with Gasteiger partial charge in [0.05, 0.1) is 10.1 Å². The lowest BCUT2D eigenvalue weighted by Gasteiger charge is -2.10. The molecule has 0 spiro atoms. The van der Waals surface area contributed by atoms with E-state index in [-0.39, 0.29) is 11.4 Å². The number of sulfone groups is 1. The molecule has 0 radical (unpaired) electrons. The summed E-state index contributed by atoms with van der Waals surface area (Å²) in [5.74, 6) is 0. The molecule has 0 heterocycles. The summed E-state index contributed by atoms with van der Waals surface area (Å²) < 4.78 is 23.5. The Morgan fingerprint density at radius 1 is 1.36 bits per heavy atom. The Bertz CT molecular complexity index is 399. The number of halogens is 1. The number of rotatable bonds is 3.